The fourth-order valence-electron chi connectivity index (χ4n) is 2.74. The van der Waals surface area contributed by atoms with Gasteiger partial charge in [0.15, 0.2) is 0 Å². The summed E-state index contributed by atoms with van der Waals surface area (Å²) in [5, 5.41) is 13.1. The first-order valence-electron chi connectivity index (χ1n) is 7.34. The zero-order chi connectivity index (χ0) is 13.9. The van der Waals surface area contributed by atoms with Gasteiger partial charge in [0.1, 0.15) is 0 Å². The lowest BCUT2D eigenvalue weighted by molar-refractivity contribution is 0.460. The maximum Gasteiger partial charge on any atom is 0.0963 e. The Labute approximate surface area is 127 Å². The molecule has 6 heteroatoms. The summed E-state index contributed by atoms with van der Waals surface area (Å²) >= 11 is 3.60. The van der Waals surface area contributed by atoms with E-state index in [4.69, 9.17) is 0 Å². The van der Waals surface area contributed by atoms with Crippen molar-refractivity contribution in [2.45, 2.75) is 56.4 Å². The standard InChI is InChI=1S/C14H20BrN5/c1-2-13(15)14-10-19(18-16-14)9-11-7-8-20(17-11)12-5-3-4-6-12/h7-8,10,12-13H,2-6,9H2,1H3. The van der Waals surface area contributed by atoms with Crippen molar-refractivity contribution in [1.29, 1.82) is 0 Å². The highest BCUT2D eigenvalue weighted by atomic mass is 79.9. The number of hydrogen-bond acceptors (Lipinski definition) is 3. The second kappa shape index (κ2) is 6.08. The van der Waals surface area contributed by atoms with Gasteiger partial charge in [-0.3, -0.25) is 4.68 Å². The molecule has 0 saturated heterocycles. The summed E-state index contributed by atoms with van der Waals surface area (Å²) in [6, 6.07) is 2.69. The van der Waals surface area contributed by atoms with E-state index in [9.17, 15) is 0 Å². The molecule has 1 aliphatic carbocycles. The number of hydrogen-bond donors (Lipinski definition) is 0. The normalized spacial score (nSPS) is 17.7. The van der Waals surface area contributed by atoms with Crippen LogP contribution in [-0.2, 0) is 6.54 Å². The number of halogens is 1. The Balaban J connectivity index is 1.66. The molecule has 2 aromatic rings. The van der Waals surface area contributed by atoms with E-state index in [1.165, 1.54) is 25.7 Å². The second-order valence-corrected chi connectivity index (χ2v) is 6.55. The average molecular weight is 338 g/mol. The number of nitrogens with zero attached hydrogens (tertiary/aromatic N) is 5. The molecule has 5 nitrogen and oxygen atoms in total. The molecular weight excluding hydrogens is 318 g/mol. The van der Waals surface area contributed by atoms with Crippen LogP contribution in [0.15, 0.2) is 18.5 Å². The summed E-state index contributed by atoms with van der Waals surface area (Å²) in [6.07, 6.45) is 10.3. The van der Waals surface area contributed by atoms with Gasteiger partial charge in [-0.2, -0.15) is 5.10 Å². The van der Waals surface area contributed by atoms with Crippen molar-refractivity contribution in [1.82, 2.24) is 24.8 Å². The van der Waals surface area contributed by atoms with Gasteiger partial charge in [0.05, 0.1) is 35.0 Å². The topological polar surface area (TPSA) is 48.5 Å². The molecule has 0 spiro atoms. The molecule has 2 heterocycles. The van der Waals surface area contributed by atoms with Crippen LogP contribution in [0, 0.1) is 0 Å². The minimum absolute atomic E-state index is 0.285. The Bertz CT molecular complexity index is 555. The third-order valence-corrected chi connectivity index (χ3v) is 5.04. The molecule has 0 aromatic carbocycles. The third-order valence-electron chi connectivity index (χ3n) is 3.92. The zero-order valence-corrected chi connectivity index (χ0v) is 13.3. The largest absolute Gasteiger partial charge is 0.269 e. The molecule has 2 aromatic heterocycles. The maximum atomic E-state index is 4.68. The predicted octanol–water partition coefficient (Wildman–Crippen LogP) is 3.48. The molecule has 1 fully saturated rings. The van der Waals surface area contributed by atoms with Crippen LogP contribution in [-0.4, -0.2) is 24.8 Å². The summed E-state index contributed by atoms with van der Waals surface area (Å²) in [6.45, 7) is 2.82. The van der Waals surface area contributed by atoms with E-state index in [-0.39, 0.29) is 4.83 Å². The summed E-state index contributed by atoms with van der Waals surface area (Å²) in [5.41, 5.74) is 2.04. The minimum atomic E-state index is 0.285. The van der Waals surface area contributed by atoms with Crippen LogP contribution in [0.4, 0.5) is 0 Å². The van der Waals surface area contributed by atoms with Crippen LogP contribution in [0.25, 0.3) is 0 Å². The molecule has 20 heavy (non-hydrogen) atoms. The van der Waals surface area contributed by atoms with Crippen molar-refractivity contribution < 1.29 is 0 Å². The lowest BCUT2D eigenvalue weighted by Gasteiger charge is -2.08. The van der Waals surface area contributed by atoms with Crippen LogP contribution in [0.3, 0.4) is 0 Å². The molecule has 1 atom stereocenters. The fraction of sp³-hybridized carbons (Fsp3) is 0.643. The van der Waals surface area contributed by atoms with Crippen LogP contribution in [0.2, 0.25) is 0 Å². The van der Waals surface area contributed by atoms with Crippen molar-refractivity contribution in [2.24, 2.45) is 0 Å². The van der Waals surface area contributed by atoms with Crippen LogP contribution >= 0.6 is 15.9 Å². The Hall–Kier alpha value is -1.17. The summed E-state index contributed by atoms with van der Waals surface area (Å²) in [7, 11) is 0. The van der Waals surface area contributed by atoms with E-state index < -0.39 is 0 Å². The second-order valence-electron chi connectivity index (χ2n) is 5.44. The number of aromatic nitrogens is 5. The lowest BCUT2D eigenvalue weighted by atomic mass is 10.3. The third kappa shape index (κ3) is 2.95. The smallest absolute Gasteiger partial charge is 0.0963 e. The molecule has 108 valence electrons. The van der Waals surface area contributed by atoms with Crippen LogP contribution < -0.4 is 0 Å². The van der Waals surface area contributed by atoms with Gasteiger partial charge in [-0.05, 0) is 25.3 Å². The molecule has 0 N–H and O–H groups in total. The van der Waals surface area contributed by atoms with Gasteiger partial charge in [0, 0.05) is 6.20 Å². The molecule has 1 saturated carbocycles. The van der Waals surface area contributed by atoms with Crippen molar-refractivity contribution in [3.05, 3.63) is 29.8 Å². The average Bonchev–Trinajstić information content (AvgIpc) is 3.19. The Morgan fingerprint density at radius 3 is 2.95 bits per heavy atom. The molecule has 0 aliphatic heterocycles. The van der Waals surface area contributed by atoms with Gasteiger partial charge in [0.2, 0.25) is 0 Å². The van der Waals surface area contributed by atoms with Crippen molar-refractivity contribution >= 4 is 15.9 Å². The highest BCUT2D eigenvalue weighted by Crippen LogP contribution is 2.28. The molecule has 3 rings (SSSR count). The van der Waals surface area contributed by atoms with Crippen molar-refractivity contribution in [3.63, 3.8) is 0 Å². The van der Waals surface area contributed by atoms with Gasteiger partial charge in [-0.15, -0.1) is 5.10 Å². The van der Waals surface area contributed by atoms with Gasteiger partial charge in [-0.1, -0.05) is 40.9 Å². The predicted molar refractivity (Wildman–Crippen MR) is 80.8 cm³/mol. The maximum absolute atomic E-state index is 4.68. The van der Waals surface area contributed by atoms with Crippen molar-refractivity contribution in [3.8, 4) is 0 Å². The van der Waals surface area contributed by atoms with Crippen molar-refractivity contribution in [2.75, 3.05) is 0 Å². The van der Waals surface area contributed by atoms with Crippen LogP contribution in [0.1, 0.15) is 61.3 Å². The first-order valence-corrected chi connectivity index (χ1v) is 8.26. The first kappa shape index (κ1) is 13.8. The van der Waals surface area contributed by atoms with Gasteiger partial charge >= 0.3 is 0 Å². The number of rotatable bonds is 5. The quantitative estimate of drug-likeness (QED) is 0.784. The van der Waals surface area contributed by atoms with E-state index in [0.29, 0.717) is 12.6 Å². The monoisotopic (exact) mass is 337 g/mol. The summed E-state index contributed by atoms with van der Waals surface area (Å²) in [5.74, 6) is 0. The zero-order valence-electron chi connectivity index (χ0n) is 11.7. The van der Waals surface area contributed by atoms with E-state index in [2.05, 4.69) is 55.2 Å². The molecule has 1 unspecified atom stereocenters. The van der Waals surface area contributed by atoms with E-state index in [0.717, 1.165) is 17.8 Å². The summed E-state index contributed by atoms with van der Waals surface area (Å²) in [4.78, 5) is 0.285. The fourth-order valence-corrected chi connectivity index (χ4v) is 2.95. The van der Waals surface area contributed by atoms with Gasteiger partial charge < -0.3 is 0 Å². The lowest BCUT2D eigenvalue weighted by Crippen LogP contribution is -2.07. The van der Waals surface area contributed by atoms with E-state index in [1.54, 1.807) is 0 Å². The molecular formula is C14H20BrN5. The first-order chi connectivity index (χ1) is 9.76. The number of alkyl halides is 1. The Morgan fingerprint density at radius 1 is 1.40 bits per heavy atom. The van der Waals surface area contributed by atoms with Crippen LogP contribution in [0.5, 0.6) is 0 Å². The van der Waals surface area contributed by atoms with Gasteiger partial charge in [0.25, 0.3) is 0 Å². The SMILES string of the molecule is CCC(Br)c1cn(Cc2ccn(C3CCCC3)n2)nn1. The highest BCUT2D eigenvalue weighted by Gasteiger charge is 2.17. The van der Waals surface area contributed by atoms with E-state index in [1.807, 2.05) is 10.9 Å². The molecule has 0 bridgehead atoms. The Kier molecular flexibility index (Phi) is 4.19. The summed E-state index contributed by atoms with van der Waals surface area (Å²) < 4.78 is 3.99. The highest BCUT2D eigenvalue weighted by molar-refractivity contribution is 9.09. The molecule has 0 amide bonds. The minimum Gasteiger partial charge on any atom is -0.269 e. The molecule has 1 aliphatic rings. The Morgan fingerprint density at radius 2 is 2.20 bits per heavy atom. The molecule has 0 radical (unpaired) electrons. The van der Waals surface area contributed by atoms with E-state index >= 15 is 0 Å². The van der Waals surface area contributed by atoms with Gasteiger partial charge in [-0.25, -0.2) is 4.68 Å².